The van der Waals surface area contributed by atoms with E-state index in [-0.39, 0.29) is 0 Å². The lowest BCUT2D eigenvalue weighted by Gasteiger charge is -2.30. The molecule has 1 N–H and O–H groups in total. The Morgan fingerprint density at radius 2 is 1.86 bits per heavy atom. The second-order valence-electron chi connectivity index (χ2n) is 5.38. The number of rotatable bonds is 0. The molecule has 0 aromatic heterocycles. The third-order valence-corrected chi connectivity index (χ3v) is 4.40. The van der Waals surface area contributed by atoms with Crippen LogP contribution in [0.5, 0.6) is 11.5 Å². The Hall–Kier alpha value is -1.85. The molecule has 0 amide bonds. The van der Waals surface area contributed by atoms with Gasteiger partial charge in [-0.15, -0.1) is 0 Å². The summed E-state index contributed by atoms with van der Waals surface area (Å²) in [6.45, 7) is 3.87. The molecule has 0 saturated carbocycles. The van der Waals surface area contributed by atoms with Crippen LogP contribution in [0, 0.1) is 0 Å². The van der Waals surface area contributed by atoms with Gasteiger partial charge in [0, 0.05) is 30.7 Å². The molecular weight excluding hydrogens is 342 g/mol. The van der Waals surface area contributed by atoms with Crippen molar-refractivity contribution < 1.29 is 4.74 Å². The Labute approximate surface area is 137 Å². The van der Waals surface area contributed by atoms with Crippen LogP contribution in [0.25, 0.3) is 0 Å². The zero-order valence-corrected chi connectivity index (χ0v) is 13.6. The number of piperazine rings is 1. The van der Waals surface area contributed by atoms with E-state index in [0.717, 1.165) is 59.2 Å². The quantitative estimate of drug-likeness (QED) is 0.783. The van der Waals surface area contributed by atoms with Crippen LogP contribution in [0.4, 0.5) is 5.69 Å². The van der Waals surface area contributed by atoms with Crippen molar-refractivity contribution >= 4 is 27.5 Å². The van der Waals surface area contributed by atoms with Crippen molar-refractivity contribution in [2.75, 3.05) is 26.2 Å². The topological polar surface area (TPSA) is 36.9 Å². The van der Waals surface area contributed by atoms with E-state index in [0.29, 0.717) is 0 Å². The molecule has 0 unspecified atom stereocenters. The Morgan fingerprint density at radius 1 is 1.05 bits per heavy atom. The van der Waals surface area contributed by atoms with Crippen LogP contribution in [0.1, 0.15) is 5.56 Å². The highest BCUT2D eigenvalue weighted by Gasteiger charge is 2.23. The number of ether oxygens (including phenoxy) is 1. The van der Waals surface area contributed by atoms with Gasteiger partial charge in [0.2, 0.25) is 0 Å². The summed E-state index contributed by atoms with van der Waals surface area (Å²) >= 11 is 3.52. The third-order valence-electron chi connectivity index (χ3n) is 3.91. The molecule has 112 valence electrons. The van der Waals surface area contributed by atoms with Crippen LogP contribution in [0.3, 0.4) is 0 Å². The molecule has 2 aromatic carbocycles. The average molecular weight is 358 g/mol. The van der Waals surface area contributed by atoms with E-state index in [1.165, 1.54) is 0 Å². The molecule has 4 nitrogen and oxygen atoms in total. The second kappa shape index (κ2) is 5.74. The van der Waals surface area contributed by atoms with Crippen LogP contribution in [-0.4, -0.2) is 36.9 Å². The summed E-state index contributed by atoms with van der Waals surface area (Å²) in [5, 5.41) is 3.39. The molecule has 0 radical (unpaired) electrons. The maximum atomic E-state index is 6.10. The number of hydrogen-bond donors (Lipinski definition) is 1. The van der Waals surface area contributed by atoms with Gasteiger partial charge in [0.15, 0.2) is 5.75 Å². The van der Waals surface area contributed by atoms with Crippen LogP contribution < -0.4 is 10.1 Å². The molecule has 0 atom stereocenters. The molecule has 1 fully saturated rings. The van der Waals surface area contributed by atoms with E-state index in [1.54, 1.807) is 0 Å². The van der Waals surface area contributed by atoms with Crippen LogP contribution >= 0.6 is 15.9 Å². The number of nitrogens with one attached hydrogen (secondary N) is 1. The highest BCUT2D eigenvalue weighted by Crippen LogP contribution is 2.39. The Morgan fingerprint density at radius 3 is 2.73 bits per heavy atom. The number of fused-ring (bicyclic) bond motifs is 2. The van der Waals surface area contributed by atoms with E-state index in [4.69, 9.17) is 9.73 Å². The predicted molar refractivity (Wildman–Crippen MR) is 91.3 cm³/mol. The number of halogens is 1. The van der Waals surface area contributed by atoms with E-state index >= 15 is 0 Å². The number of benzene rings is 2. The van der Waals surface area contributed by atoms with Gasteiger partial charge in [-0.05, 0) is 30.3 Å². The summed E-state index contributed by atoms with van der Waals surface area (Å²) in [5.74, 6) is 2.65. The molecule has 2 aromatic rings. The number of amidine groups is 1. The van der Waals surface area contributed by atoms with Crippen molar-refractivity contribution in [3.8, 4) is 11.5 Å². The molecule has 0 spiro atoms. The molecule has 5 heteroatoms. The minimum absolute atomic E-state index is 0.792. The second-order valence-corrected chi connectivity index (χ2v) is 6.30. The summed E-state index contributed by atoms with van der Waals surface area (Å²) in [5.41, 5.74) is 1.91. The smallest absolute Gasteiger partial charge is 0.153 e. The molecule has 0 aliphatic carbocycles. The van der Waals surface area contributed by atoms with Gasteiger partial charge < -0.3 is 15.0 Å². The number of aliphatic imine (C=N–C) groups is 1. The minimum Gasteiger partial charge on any atom is -0.454 e. The van der Waals surface area contributed by atoms with Gasteiger partial charge in [0.1, 0.15) is 17.3 Å². The number of nitrogens with zero attached hydrogens (tertiary/aromatic N) is 2. The predicted octanol–water partition coefficient (Wildman–Crippen LogP) is 3.54. The lowest BCUT2D eigenvalue weighted by Crippen LogP contribution is -2.46. The summed E-state index contributed by atoms with van der Waals surface area (Å²) in [7, 11) is 0. The van der Waals surface area contributed by atoms with Gasteiger partial charge in [-0.1, -0.05) is 28.1 Å². The Bertz CT molecular complexity index is 738. The lowest BCUT2D eigenvalue weighted by molar-refractivity contribution is 0.357. The van der Waals surface area contributed by atoms with Crippen molar-refractivity contribution in [2.24, 2.45) is 4.99 Å². The van der Waals surface area contributed by atoms with Crippen molar-refractivity contribution in [2.45, 2.75) is 0 Å². The van der Waals surface area contributed by atoms with E-state index in [2.05, 4.69) is 32.2 Å². The monoisotopic (exact) mass is 357 g/mol. The number of hydrogen-bond acceptors (Lipinski definition) is 4. The molecule has 22 heavy (non-hydrogen) atoms. The lowest BCUT2D eigenvalue weighted by atomic mass is 10.1. The first-order chi connectivity index (χ1) is 10.8. The van der Waals surface area contributed by atoms with Crippen LogP contribution in [0.15, 0.2) is 51.9 Å². The summed E-state index contributed by atoms with van der Waals surface area (Å²) in [4.78, 5) is 7.25. The first-order valence-electron chi connectivity index (χ1n) is 7.42. The van der Waals surface area contributed by atoms with E-state index in [1.807, 2.05) is 36.4 Å². The highest BCUT2D eigenvalue weighted by molar-refractivity contribution is 9.10. The third kappa shape index (κ3) is 2.51. The normalized spacial score (nSPS) is 17.0. The molecular formula is C17H16BrN3O. The SMILES string of the molecule is Brc1ccc2c(c1)N=C(N1CCNCC1)c1ccccc1O2. The molecule has 1 saturated heterocycles. The van der Waals surface area contributed by atoms with Crippen molar-refractivity contribution in [1.82, 2.24) is 10.2 Å². The average Bonchev–Trinajstić information content (AvgIpc) is 2.72. The standard InChI is InChI=1S/C17H16BrN3O/c18-12-5-6-16-14(11-12)20-17(21-9-7-19-8-10-21)13-3-1-2-4-15(13)22-16/h1-6,11,19H,7-10H2. The van der Waals surface area contributed by atoms with Gasteiger partial charge >= 0.3 is 0 Å². The summed E-state index contributed by atoms with van der Waals surface area (Å²) < 4.78 is 7.10. The summed E-state index contributed by atoms with van der Waals surface area (Å²) in [6, 6.07) is 14.1. The van der Waals surface area contributed by atoms with Crippen molar-refractivity contribution in [1.29, 1.82) is 0 Å². The minimum atomic E-state index is 0.792. The molecule has 2 aliphatic heterocycles. The maximum Gasteiger partial charge on any atom is 0.153 e. The first kappa shape index (κ1) is 13.8. The fourth-order valence-corrected chi connectivity index (χ4v) is 3.16. The van der Waals surface area contributed by atoms with Gasteiger partial charge in [-0.3, -0.25) is 0 Å². The molecule has 2 heterocycles. The molecule has 0 bridgehead atoms. The van der Waals surface area contributed by atoms with Crippen molar-refractivity contribution in [3.63, 3.8) is 0 Å². The van der Waals surface area contributed by atoms with E-state index < -0.39 is 0 Å². The zero-order chi connectivity index (χ0) is 14.9. The van der Waals surface area contributed by atoms with Crippen molar-refractivity contribution in [3.05, 3.63) is 52.5 Å². The Kier molecular flexibility index (Phi) is 3.60. The van der Waals surface area contributed by atoms with E-state index in [9.17, 15) is 0 Å². The van der Waals surface area contributed by atoms with Crippen LogP contribution in [-0.2, 0) is 0 Å². The first-order valence-corrected chi connectivity index (χ1v) is 8.22. The largest absolute Gasteiger partial charge is 0.454 e. The van der Waals surface area contributed by atoms with Gasteiger partial charge in [-0.2, -0.15) is 0 Å². The van der Waals surface area contributed by atoms with Crippen LogP contribution in [0.2, 0.25) is 0 Å². The fraction of sp³-hybridized carbons (Fsp3) is 0.235. The zero-order valence-electron chi connectivity index (χ0n) is 12.1. The molecule has 2 aliphatic rings. The highest BCUT2D eigenvalue weighted by atomic mass is 79.9. The number of para-hydroxylation sites is 1. The van der Waals surface area contributed by atoms with Gasteiger partial charge in [0.25, 0.3) is 0 Å². The summed E-state index contributed by atoms with van der Waals surface area (Å²) in [6.07, 6.45) is 0. The fourth-order valence-electron chi connectivity index (χ4n) is 2.82. The Balaban J connectivity index is 1.88. The maximum absolute atomic E-state index is 6.10. The van der Waals surface area contributed by atoms with Gasteiger partial charge in [-0.25, -0.2) is 4.99 Å². The molecule has 4 rings (SSSR count). The van der Waals surface area contributed by atoms with Gasteiger partial charge in [0.05, 0.1) is 5.56 Å².